The molecule has 3 aromatic rings. The molecule has 1 aliphatic rings. The smallest absolute Gasteiger partial charge is 0.278 e. The number of aromatic nitrogens is 3. The van der Waals surface area contributed by atoms with Crippen LogP contribution in [0.15, 0.2) is 36.4 Å². The van der Waals surface area contributed by atoms with Gasteiger partial charge in [0.2, 0.25) is 12.7 Å². The molecule has 0 bridgehead atoms. The van der Waals surface area contributed by atoms with E-state index < -0.39 is 11.7 Å². The summed E-state index contributed by atoms with van der Waals surface area (Å²) in [5.74, 6) is 0.0350. The van der Waals surface area contributed by atoms with E-state index in [1.165, 1.54) is 16.8 Å². The molecule has 2 amide bonds. The lowest BCUT2D eigenvalue weighted by Crippen LogP contribution is -2.28. The van der Waals surface area contributed by atoms with E-state index in [0.29, 0.717) is 35.0 Å². The fourth-order valence-electron chi connectivity index (χ4n) is 3.07. The van der Waals surface area contributed by atoms with Crippen molar-refractivity contribution in [3.8, 4) is 11.5 Å². The van der Waals surface area contributed by atoms with Crippen molar-refractivity contribution >= 4 is 17.5 Å². The molecular weight excluding hydrogens is 405 g/mol. The van der Waals surface area contributed by atoms with Crippen molar-refractivity contribution in [3.63, 3.8) is 0 Å². The SMILES string of the molecule is Cc1ccc(F)cc1NC(=O)c1nnn(CC(=O)NCc2ccc3c(c2)OCO3)c1C. The average Bonchev–Trinajstić information content (AvgIpc) is 3.35. The Morgan fingerprint density at radius 2 is 1.94 bits per heavy atom. The molecule has 0 aliphatic carbocycles. The number of benzene rings is 2. The van der Waals surface area contributed by atoms with Gasteiger partial charge >= 0.3 is 0 Å². The lowest BCUT2D eigenvalue weighted by atomic mass is 10.2. The number of carbonyl (C=O) groups excluding carboxylic acids is 2. The molecule has 1 aliphatic heterocycles. The van der Waals surface area contributed by atoms with Gasteiger partial charge in [-0.1, -0.05) is 17.3 Å². The van der Waals surface area contributed by atoms with Crippen LogP contribution in [0.2, 0.25) is 0 Å². The lowest BCUT2D eigenvalue weighted by molar-refractivity contribution is -0.122. The third-order valence-corrected chi connectivity index (χ3v) is 4.87. The number of hydrogen-bond acceptors (Lipinski definition) is 6. The van der Waals surface area contributed by atoms with Gasteiger partial charge in [0.05, 0.1) is 5.69 Å². The quantitative estimate of drug-likeness (QED) is 0.628. The number of carbonyl (C=O) groups is 2. The zero-order chi connectivity index (χ0) is 22.0. The summed E-state index contributed by atoms with van der Waals surface area (Å²) in [7, 11) is 0. The normalized spacial score (nSPS) is 12.0. The first-order valence-corrected chi connectivity index (χ1v) is 9.53. The third kappa shape index (κ3) is 4.47. The van der Waals surface area contributed by atoms with Crippen LogP contribution < -0.4 is 20.1 Å². The largest absolute Gasteiger partial charge is 0.454 e. The first kappa shape index (κ1) is 20.3. The summed E-state index contributed by atoms with van der Waals surface area (Å²) in [4.78, 5) is 24.9. The molecule has 10 heteroatoms. The summed E-state index contributed by atoms with van der Waals surface area (Å²) < 4.78 is 25.4. The Kier molecular flexibility index (Phi) is 5.52. The van der Waals surface area contributed by atoms with Crippen LogP contribution in [0, 0.1) is 19.7 Å². The maximum absolute atomic E-state index is 13.4. The summed E-state index contributed by atoms with van der Waals surface area (Å²) >= 11 is 0. The van der Waals surface area contributed by atoms with Gasteiger partial charge in [-0.05, 0) is 49.2 Å². The van der Waals surface area contributed by atoms with Crippen LogP contribution in [0.25, 0.3) is 0 Å². The van der Waals surface area contributed by atoms with Gasteiger partial charge in [-0.25, -0.2) is 9.07 Å². The first-order valence-electron chi connectivity index (χ1n) is 9.53. The lowest BCUT2D eigenvalue weighted by Gasteiger charge is -2.08. The van der Waals surface area contributed by atoms with Gasteiger partial charge in [-0.15, -0.1) is 5.10 Å². The molecular formula is C21H20FN5O4. The van der Waals surface area contributed by atoms with Crippen molar-refractivity contribution < 1.29 is 23.5 Å². The molecule has 2 heterocycles. The minimum absolute atomic E-state index is 0.0623. The van der Waals surface area contributed by atoms with Crippen molar-refractivity contribution in [2.45, 2.75) is 26.9 Å². The number of anilines is 1. The number of halogens is 1. The Morgan fingerprint density at radius 3 is 2.77 bits per heavy atom. The Morgan fingerprint density at radius 1 is 1.13 bits per heavy atom. The molecule has 9 nitrogen and oxygen atoms in total. The molecule has 0 unspecified atom stereocenters. The van der Waals surface area contributed by atoms with Gasteiger partial charge in [-0.2, -0.15) is 0 Å². The Hall–Kier alpha value is -3.95. The molecule has 31 heavy (non-hydrogen) atoms. The van der Waals surface area contributed by atoms with Crippen LogP contribution in [-0.2, 0) is 17.9 Å². The molecule has 1 aromatic heterocycles. The predicted molar refractivity (Wildman–Crippen MR) is 108 cm³/mol. The number of rotatable bonds is 6. The highest BCUT2D eigenvalue weighted by Crippen LogP contribution is 2.32. The van der Waals surface area contributed by atoms with Crippen LogP contribution in [0.3, 0.4) is 0 Å². The molecule has 0 saturated heterocycles. The molecule has 160 valence electrons. The topological polar surface area (TPSA) is 107 Å². The van der Waals surface area contributed by atoms with E-state index in [9.17, 15) is 14.0 Å². The molecule has 2 N–H and O–H groups in total. The fourth-order valence-corrected chi connectivity index (χ4v) is 3.07. The van der Waals surface area contributed by atoms with Crippen LogP contribution in [0.1, 0.15) is 27.3 Å². The van der Waals surface area contributed by atoms with Crippen LogP contribution >= 0.6 is 0 Å². The third-order valence-electron chi connectivity index (χ3n) is 4.87. The van der Waals surface area contributed by atoms with Crippen molar-refractivity contribution in [1.82, 2.24) is 20.3 Å². The Bertz CT molecular complexity index is 1160. The van der Waals surface area contributed by atoms with Crippen LogP contribution in [-0.4, -0.2) is 33.6 Å². The standard InChI is InChI=1S/C21H20FN5O4/c1-12-3-5-15(22)8-16(12)24-21(29)20-13(2)27(26-25-20)10-19(28)23-9-14-4-6-17-18(7-14)31-11-30-17/h3-8H,9-11H2,1-2H3,(H,23,28)(H,24,29). The number of nitrogens with one attached hydrogen (secondary N) is 2. The van der Waals surface area contributed by atoms with Gasteiger partial charge in [0.25, 0.3) is 5.91 Å². The number of aryl methyl sites for hydroxylation is 1. The zero-order valence-electron chi connectivity index (χ0n) is 16.9. The van der Waals surface area contributed by atoms with Crippen molar-refractivity contribution in [3.05, 3.63) is 64.7 Å². The van der Waals surface area contributed by atoms with E-state index in [-0.39, 0.29) is 24.9 Å². The van der Waals surface area contributed by atoms with E-state index in [1.54, 1.807) is 32.0 Å². The second-order valence-corrected chi connectivity index (χ2v) is 7.06. The summed E-state index contributed by atoms with van der Waals surface area (Å²) in [5, 5.41) is 13.2. The monoisotopic (exact) mass is 425 g/mol. The molecule has 0 saturated carbocycles. The number of nitrogens with zero attached hydrogens (tertiary/aromatic N) is 3. The summed E-state index contributed by atoms with van der Waals surface area (Å²) in [6, 6.07) is 9.55. The van der Waals surface area contributed by atoms with Gasteiger partial charge < -0.3 is 20.1 Å². The second kappa shape index (κ2) is 8.42. The molecule has 2 aromatic carbocycles. The van der Waals surface area contributed by atoms with E-state index in [4.69, 9.17) is 9.47 Å². The summed E-state index contributed by atoms with van der Waals surface area (Å²) in [6.07, 6.45) is 0. The number of fused-ring (bicyclic) bond motifs is 1. The van der Waals surface area contributed by atoms with Gasteiger partial charge in [0, 0.05) is 12.2 Å². The highest BCUT2D eigenvalue weighted by molar-refractivity contribution is 6.03. The van der Waals surface area contributed by atoms with E-state index in [0.717, 1.165) is 5.56 Å². The van der Waals surface area contributed by atoms with Gasteiger partial charge in [-0.3, -0.25) is 9.59 Å². The fraction of sp³-hybridized carbons (Fsp3) is 0.238. The highest BCUT2D eigenvalue weighted by atomic mass is 19.1. The van der Waals surface area contributed by atoms with E-state index in [2.05, 4.69) is 20.9 Å². The number of hydrogen-bond donors (Lipinski definition) is 2. The second-order valence-electron chi connectivity index (χ2n) is 7.06. The number of ether oxygens (including phenoxy) is 2. The van der Waals surface area contributed by atoms with E-state index in [1.807, 2.05) is 6.07 Å². The first-order chi connectivity index (χ1) is 14.9. The summed E-state index contributed by atoms with van der Waals surface area (Å²) in [5.41, 5.74) is 2.40. The van der Waals surface area contributed by atoms with Gasteiger partial charge in [0.1, 0.15) is 12.4 Å². The predicted octanol–water partition coefficient (Wildman–Crippen LogP) is 2.33. The Balaban J connectivity index is 1.36. The van der Waals surface area contributed by atoms with E-state index >= 15 is 0 Å². The Labute approximate surface area is 177 Å². The zero-order valence-corrected chi connectivity index (χ0v) is 16.9. The van der Waals surface area contributed by atoms with Crippen molar-refractivity contribution in [2.75, 3.05) is 12.1 Å². The van der Waals surface area contributed by atoms with Crippen molar-refractivity contribution in [1.29, 1.82) is 0 Å². The summed E-state index contributed by atoms with van der Waals surface area (Å²) in [6.45, 7) is 3.78. The minimum Gasteiger partial charge on any atom is -0.454 e. The number of amides is 2. The minimum atomic E-state index is -0.529. The average molecular weight is 425 g/mol. The highest BCUT2D eigenvalue weighted by Gasteiger charge is 2.19. The van der Waals surface area contributed by atoms with Crippen molar-refractivity contribution in [2.24, 2.45) is 0 Å². The van der Waals surface area contributed by atoms with Crippen LogP contribution in [0.4, 0.5) is 10.1 Å². The molecule has 0 radical (unpaired) electrons. The molecule has 0 atom stereocenters. The maximum Gasteiger partial charge on any atom is 0.278 e. The molecule has 0 fully saturated rings. The molecule has 0 spiro atoms. The molecule has 4 rings (SSSR count). The van der Waals surface area contributed by atoms with Crippen LogP contribution in [0.5, 0.6) is 11.5 Å². The maximum atomic E-state index is 13.4. The van der Waals surface area contributed by atoms with Gasteiger partial charge in [0.15, 0.2) is 17.2 Å².